The van der Waals surface area contributed by atoms with Gasteiger partial charge in [0.1, 0.15) is 5.82 Å². The summed E-state index contributed by atoms with van der Waals surface area (Å²) < 4.78 is 19.9. The van der Waals surface area contributed by atoms with Crippen molar-refractivity contribution in [2.24, 2.45) is 0 Å². The third-order valence-corrected chi connectivity index (χ3v) is 3.79. The first-order chi connectivity index (χ1) is 9.11. The second-order valence-corrected chi connectivity index (χ2v) is 5.49. The minimum absolute atomic E-state index is 0.137. The molecule has 0 aliphatic carbocycles. The van der Waals surface area contributed by atoms with Crippen molar-refractivity contribution in [3.05, 3.63) is 34.1 Å². The van der Waals surface area contributed by atoms with Gasteiger partial charge in [-0.25, -0.2) is 4.39 Å². The zero-order valence-electron chi connectivity index (χ0n) is 10.9. The van der Waals surface area contributed by atoms with Gasteiger partial charge in [0, 0.05) is 24.2 Å². The molecule has 0 bridgehead atoms. The van der Waals surface area contributed by atoms with Crippen LogP contribution in [0.3, 0.4) is 0 Å². The topological polar surface area (TPSA) is 29.5 Å². The molecule has 1 aliphatic rings. The molecule has 104 valence electrons. The molecule has 1 saturated heterocycles. The van der Waals surface area contributed by atoms with Crippen LogP contribution in [0.15, 0.2) is 22.7 Å². The molecule has 0 radical (unpaired) electrons. The molecule has 1 amide bonds. The monoisotopic (exact) mass is 329 g/mol. The van der Waals surface area contributed by atoms with Crippen molar-refractivity contribution >= 4 is 21.8 Å². The maximum absolute atomic E-state index is 13.8. The largest absolute Gasteiger partial charge is 0.378 e. The van der Waals surface area contributed by atoms with Crippen LogP contribution in [0.4, 0.5) is 4.39 Å². The van der Waals surface area contributed by atoms with E-state index in [4.69, 9.17) is 4.74 Å². The molecule has 0 N–H and O–H groups in total. The van der Waals surface area contributed by atoms with Gasteiger partial charge in [-0.15, -0.1) is 0 Å². The number of ether oxygens (including phenoxy) is 1. The molecular weight excluding hydrogens is 313 g/mol. The number of piperidine rings is 1. The van der Waals surface area contributed by atoms with Crippen molar-refractivity contribution in [1.29, 1.82) is 0 Å². The minimum atomic E-state index is -0.480. The van der Waals surface area contributed by atoms with Gasteiger partial charge in [-0.3, -0.25) is 4.79 Å². The number of rotatable bonds is 3. The van der Waals surface area contributed by atoms with Crippen molar-refractivity contribution in [3.8, 4) is 0 Å². The standard InChI is InChI=1S/C14H17BrFNO2/c1-2-19-11-5-7-17(8-6-11)14(18)12-4-3-10(15)9-13(12)16/h3-4,9,11H,2,5-8H2,1H3. The predicted octanol–water partition coefficient (Wildman–Crippen LogP) is 3.23. The summed E-state index contributed by atoms with van der Waals surface area (Å²) in [5.41, 5.74) is 0.137. The number of benzene rings is 1. The molecule has 19 heavy (non-hydrogen) atoms. The number of hydrogen-bond donors (Lipinski definition) is 0. The van der Waals surface area contributed by atoms with E-state index in [2.05, 4.69) is 15.9 Å². The quantitative estimate of drug-likeness (QED) is 0.852. The van der Waals surface area contributed by atoms with Gasteiger partial charge >= 0.3 is 0 Å². The Morgan fingerprint density at radius 1 is 1.47 bits per heavy atom. The van der Waals surface area contributed by atoms with Gasteiger partial charge in [0.2, 0.25) is 0 Å². The highest BCUT2D eigenvalue weighted by atomic mass is 79.9. The summed E-state index contributed by atoms with van der Waals surface area (Å²) in [7, 11) is 0. The van der Waals surface area contributed by atoms with Gasteiger partial charge in [-0.1, -0.05) is 15.9 Å². The lowest BCUT2D eigenvalue weighted by Crippen LogP contribution is -2.41. The lowest BCUT2D eigenvalue weighted by atomic mass is 10.1. The number of amides is 1. The molecule has 0 spiro atoms. The summed E-state index contributed by atoms with van der Waals surface area (Å²) in [5.74, 6) is -0.716. The molecule has 1 aromatic rings. The molecule has 0 unspecified atom stereocenters. The Morgan fingerprint density at radius 3 is 2.74 bits per heavy atom. The molecule has 0 atom stereocenters. The summed E-state index contributed by atoms with van der Waals surface area (Å²) in [6.45, 7) is 3.91. The van der Waals surface area contributed by atoms with Crippen LogP contribution in [-0.2, 0) is 4.74 Å². The summed E-state index contributed by atoms with van der Waals surface area (Å²) in [4.78, 5) is 13.9. The number of nitrogens with zero attached hydrogens (tertiary/aromatic N) is 1. The fraction of sp³-hybridized carbons (Fsp3) is 0.500. The van der Waals surface area contributed by atoms with Crippen molar-refractivity contribution in [2.45, 2.75) is 25.9 Å². The van der Waals surface area contributed by atoms with Crippen molar-refractivity contribution in [1.82, 2.24) is 4.90 Å². The molecule has 0 aromatic heterocycles. The van der Waals surface area contributed by atoms with Crippen LogP contribution in [0.25, 0.3) is 0 Å². The van der Waals surface area contributed by atoms with Gasteiger partial charge in [0.05, 0.1) is 11.7 Å². The van der Waals surface area contributed by atoms with Gasteiger partial charge in [-0.2, -0.15) is 0 Å². The van der Waals surface area contributed by atoms with Gasteiger partial charge < -0.3 is 9.64 Å². The molecule has 3 nitrogen and oxygen atoms in total. The van der Waals surface area contributed by atoms with Crippen LogP contribution in [0.1, 0.15) is 30.1 Å². The maximum atomic E-state index is 13.8. The normalized spacial score (nSPS) is 16.7. The molecule has 1 heterocycles. The Bertz CT molecular complexity index is 459. The summed E-state index contributed by atoms with van der Waals surface area (Å²) in [5, 5.41) is 0. The number of halogens is 2. The molecular formula is C14H17BrFNO2. The molecule has 1 fully saturated rings. The van der Waals surface area contributed by atoms with Crippen molar-refractivity contribution < 1.29 is 13.9 Å². The van der Waals surface area contributed by atoms with Gasteiger partial charge in [0.25, 0.3) is 5.91 Å². The summed E-state index contributed by atoms with van der Waals surface area (Å²) >= 11 is 3.19. The second kappa shape index (κ2) is 6.48. The van der Waals surface area contributed by atoms with Gasteiger partial charge in [0.15, 0.2) is 0 Å². The third-order valence-electron chi connectivity index (χ3n) is 3.29. The van der Waals surface area contributed by atoms with Gasteiger partial charge in [-0.05, 0) is 38.0 Å². The van der Waals surface area contributed by atoms with Crippen LogP contribution in [0, 0.1) is 5.82 Å². The molecule has 1 aromatic carbocycles. The van der Waals surface area contributed by atoms with Crippen molar-refractivity contribution in [3.63, 3.8) is 0 Å². The van der Waals surface area contributed by atoms with E-state index >= 15 is 0 Å². The average molecular weight is 330 g/mol. The van der Waals surface area contributed by atoms with Crippen LogP contribution in [0.5, 0.6) is 0 Å². The Labute approximate surface area is 120 Å². The SMILES string of the molecule is CCOC1CCN(C(=O)c2ccc(Br)cc2F)CC1. The van der Waals surface area contributed by atoms with E-state index in [9.17, 15) is 9.18 Å². The number of carbonyl (C=O) groups excluding carboxylic acids is 1. The van der Waals surface area contributed by atoms with E-state index in [1.165, 1.54) is 12.1 Å². The Kier molecular flexibility index (Phi) is 4.93. The summed E-state index contributed by atoms with van der Waals surface area (Å²) in [6, 6.07) is 4.53. The average Bonchev–Trinajstić information content (AvgIpc) is 2.39. The number of carbonyl (C=O) groups is 1. The fourth-order valence-corrected chi connectivity index (χ4v) is 2.63. The first-order valence-corrected chi connectivity index (χ1v) is 7.27. The molecule has 0 saturated carbocycles. The summed E-state index contributed by atoms with van der Waals surface area (Å²) in [6.07, 6.45) is 1.86. The lowest BCUT2D eigenvalue weighted by Gasteiger charge is -2.31. The Balaban J connectivity index is 2.01. The first-order valence-electron chi connectivity index (χ1n) is 6.47. The van der Waals surface area contributed by atoms with Crippen LogP contribution in [0.2, 0.25) is 0 Å². The van der Waals surface area contributed by atoms with Crippen LogP contribution in [-0.4, -0.2) is 36.6 Å². The van der Waals surface area contributed by atoms with E-state index in [0.29, 0.717) is 24.2 Å². The van der Waals surface area contributed by atoms with Crippen LogP contribution < -0.4 is 0 Å². The third kappa shape index (κ3) is 3.54. The minimum Gasteiger partial charge on any atom is -0.378 e. The maximum Gasteiger partial charge on any atom is 0.256 e. The first kappa shape index (κ1) is 14.5. The Morgan fingerprint density at radius 2 is 2.16 bits per heavy atom. The molecule has 5 heteroatoms. The fourth-order valence-electron chi connectivity index (χ4n) is 2.29. The van der Waals surface area contributed by atoms with E-state index < -0.39 is 5.82 Å². The number of hydrogen-bond acceptors (Lipinski definition) is 2. The zero-order valence-corrected chi connectivity index (χ0v) is 12.5. The lowest BCUT2D eigenvalue weighted by molar-refractivity contribution is 0.0145. The molecule has 1 aliphatic heterocycles. The zero-order chi connectivity index (χ0) is 13.8. The van der Waals surface area contributed by atoms with E-state index in [0.717, 1.165) is 12.8 Å². The molecule has 2 rings (SSSR count). The highest BCUT2D eigenvalue weighted by Gasteiger charge is 2.25. The highest BCUT2D eigenvalue weighted by Crippen LogP contribution is 2.20. The van der Waals surface area contributed by atoms with Crippen molar-refractivity contribution in [2.75, 3.05) is 19.7 Å². The van der Waals surface area contributed by atoms with E-state index in [-0.39, 0.29) is 17.6 Å². The number of likely N-dealkylation sites (tertiary alicyclic amines) is 1. The highest BCUT2D eigenvalue weighted by molar-refractivity contribution is 9.10. The smallest absolute Gasteiger partial charge is 0.256 e. The second-order valence-electron chi connectivity index (χ2n) is 4.57. The Hall–Kier alpha value is -0.940. The van der Waals surface area contributed by atoms with E-state index in [1.807, 2.05) is 6.92 Å². The van der Waals surface area contributed by atoms with E-state index in [1.54, 1.807) is 11.0 Å². The van der Waals surface area contributed by atoms with Crippen LogP contribution >= 0.6 is 15.9 Å². The predicted molar refractivity (Wildman–Crippen MR) is 74.7 cm³/mol.